The third kappa shape index (κ3) is 1.73. The van der Waals surface area contributed by atoms with Crippen LogP contribution in [0.15, 0.2) is 0 Å². The first-order chi connectivity index (χ1) is 8.16. The monoisotopic (exact) mass is 237 g/mol. The van der Waals surface area contributed by atoms with E-state index in [1.165, 1.54) is 0 Å². The Hall–Kier alpha value is -1.10. The van der Waals surface area contributed by atoms with E-state index in [1.807, 2.05) is 4.90 Å². The number of carbonyl (C=O) groups is 2. The molecule has 4 atom stereocenters. The molecule has 3 aliphatic heterocycles. The average molecular weight is 237 g/mol. The molecule has 0 spiro atoms. The van der Waals surface area contributed by atoms with Gasteiger partial charge < -0.3 is 15.5 Å². The van der Waals surface area contributed by atoms with Crippen LogP contribution < -0.4 is 10.6 Å². The van der Waals surface area contributed by atoms with Crippen molar-refractivity contribution in [1.82, 2.24) is 15.5 Å². The van der Waals surface area contributed by atoms with Gasteiger partial charge in [0.1, 0.15) is 6.04 Å². The molecular weight excluding hydrogens is 218 g/mol. The maximum Gasteiger partial charge on any atom is 0.245 e. The Morgan fingerprint density at radius 1 is 1.41 bits per heavy atom. The van der Waals surface area contributed by atoms with E-state index >= 15 is 0 Å². The molecule has 3 rings (SSSR count). The fourth-order valence-corrected chi connectivity index (χ4v) is 3.46. The molecule has 3 unspecified atom stereocenters. The van der Waals surface area contributed by atoms with Crippen LogP contribution in [0.1, 0.15) is 19.8 Å². The molecule has 3 heterocycles. The van der Waals surface area contributed by atoms with Crippen molar-refractivity contribution >= 4 is 11.8 Å². The second kappa shape index (κ2) is 3.98. The van der Waals surface area contributed by atoms with E-state index in [4.69, 9.17) is 0 Å². The highest BCUT2D eigenvalue weighted by Gasteiger charge is 2.45. The summed E-state index contributed by atoms with van der Waals surface area (Å²) in [5.74, 6) is 1.33. The van der Waals surface area contributed by atoms with Gasteiger partial charge in [-0.15, -0.1) is 0 Å². The summed E-state index contributed by atoms with van der Waals surface area (Å²) in [6.45, 7) is 5.03. The Morgan fingerprint density at radius 3 is 2.88 bits per heavy atom. The zero-order valence-corrected chi connectivity index (χ0v) is 10.1. The van der Waals surface area contributed by atoms with E-state index in [-0.39, 0.29) is 17.9 Å². The van der Waals surface area contributed by atoms with Gasteiger partial charge in [0.25, 0.3) is 0 Å². The molecule has 0 radical (unpaired) electrons. The maximum atomic E-state index is 12.3. The fraction of sp³-hybridized carbons (Fsp3) is 0.833. The highest BCUT2D eigenvalue weighted by molar-refractivity contribution is 5.91. The minimum absolute atomic E-state index is 0.0112. The van der Waals surface area contributed by atoms with Gasteiger partial charge in [0.15, 0.2) is 0 Å². The van der Waals surface area contributed by atoms with Crippen LogP contribution in [0, 0.1) is 11.8 Å². The third-order valence-corrected chi connectivity index (χ3v) is 4.51. The summed E-state index contributed by atoms with van der Waals surface area (Å²) in [5.41, 5.74) is 0. The molecule has 17 heavy (non-hydrogen) atoms. The molecule has 0 aromatic heterocycles. The Labute approximate surface area is 101 Å². The molecule has 0 aromatic rings. The molecule has 3 fully saturated rings. The summed E-state index contributed by atoms with van der Waals surface area (Å²) in [6.07, 6.45) is 1.15. The summed E-state index contributed by atoms with van der Waals surface area (Å²) in [4.78, 5) is 25.5. The number of fused-ring (bicyclic) bond motifs is 1. The van der Waals surface area contributed by atoms with E-state index in [0.29, 0.717) is 30.7 Å². The van der Waals surface area contributed by atoms with Crippen LogP contribution in [-0.4, -0.2) is 48.4 Å². The summed E-state index contributed by atoms with van der Waals surface area (Å²) < 4.78 is 0. The van der Waals surface area contributed by atoms with Gasteiger partial charge in [-0.2, -0.15) is 0 Å². The first-order valence-electron chi connectivity index (χ1n) is 6.47. The number of carbonyl (C=O) groups excluding carboxylic acids is 2. The molecular formula is C12H19N3O2. The number of nitrogens with one attached hydrogen (secondary N) is 2. The second-order valence-electron chi connectivity index (χ2n) is 5.47. The number of likely N-dealkylation sites (tertiary alicyclic amines) is 1. The van der Waals surface area contributed by atoms with Crippen LogP contribution in [0.3, 0.4) is 0 Å². The minimum Gasteiger partial charge on any atom is -0.344 e. The Morgan fingerprint density at radius 2 is 2.24 bits per heavy atom. The van der Waals surface area contributed by atoms with Gasteiger partial charge in [0.2, 0.25) is 11.8 Å². The summed E-state index contributed by atoms with van der Waals surface area (Å²) >= 11 is 0. The van der Waals surface area contributed by atoms with E-state index in [2.05, 4.69) is 17.6 Å². The quantitative estimate of drug-likeness (QED) is 0.636. The molecule has 3 aliphatic rings. The molecule has 5 nitrogen and oxygen atoms in total. The molecule has 0 aromatic carbocycles. The van der Waals surface area contributed by atoms with Crippen LogP contribution >= 0.6 is 0 Å². The van der Waals surface area contributed by atoms with E-state index < -0.39 is 0 Å². The summed E-state index contributed by atoms with van der Waals surface area (Å²) in [5, 5.41) is 6.15. The Balaban J connectivity index is 1.69. The van der Waals surface area contributed by atoms with Crippen molar-refractivity contribution in [2.24, 2.45) is 11.8 Å². The lowest BCUT2D eigenvalue weighted by atomic mass is 9.95. The second-order valence-corrected chi connectivity index (χ2v) is 5.47. The summed E-state index contributed by atoms with van der Waals surface area (Å²) in [7, 11) is 0. The van der Waals surface area contributed by atoms with Gasteiger partial charge >= 0.3 is 0 Å². The lowest BCUT2D eigenvalue weighted by Gasteiger charge is -2.27. The fourth-order valence-electron chi connectivity index (χ4n) is 3.46. The zero-order chi connectivity index (χ0) is 12.0. The van der Waals surface area contributed by atoms with Gasteiger partial charge in [0, 0.05) is 32.1 Å². The van der Waals surface area contributed by atoms with Crippen molar-refractivity contribution in [3.63, 3.8) is 0 Å². The lowest BCUT2D eigenvalue weighted by molar-refractivity contribution is -0.135. The number of hydrogen-bond acceptors (Lipinski definition) is 3. The topological polar surface area (TPSA) is 61.4 Å². The highest BCUT2D eigenvalue weighted by atomic mass is 16.2. The Kier molecular flexibility index (Phi) is 2.58. The molecule has 2 N–H and O–H groups in total. The maximum absolute atomic E-state index is 12.3. The van der Waals surface area contributed by atoms with Gasteiger partial charge in [-0.05, 0) is 25.2 Å². The zero-order valence-electron chi connectivity index (χ0n) is 10.1. The molecule has 0 bridgehead atoms. The smallest absolute Gasteiger partial charge is 0.245 e. The van der Waals surface area contributed by atoms with Crippen LogP contribution in [-0.2, 0) is 9.59 Å². The normalized spacial score (nSPS) is 40.5. The van der Waals surface area contributed by atoms with Crippen molar-refractivity contribution in [3.8, 4) is 0 Å². The molecule has 3 saturated heterocycles. The standard InChI is InChI=1S/C12H19N3O2/c1-7-9-5-13-4-8(9)6-15(7)12(17)10-2-3-11(16)14-10/h7-10,13H,2-6H2,1H3,(H,14,16)/t7?,8?,9?,10-/m0/s1. The van der Waals surface area contributed by atoms with Gasteiger partial charge in [-0.3, -0.25) is 9.59 Å². The van der Waals surface area contributed by atoms with E-state index in [0.717, 1.165) is 19.6 Å². The SMILES string of the molecule is CC1C2CNCC2CN1C(=O)[C@@H]1CCC(=O)N1. The highest BCUT2D eigenvalue weighted by Crippen LogP contribution is 2.33. The van der Waals surface area contributed by atoms with Crippen molar-refractivity contribution < 1.29 is 9.59 Å². The van der Waals surface area contributed by atoms with Crippen molar-refractivity contribution in [2.75, 3.05) is 19.6 Å². The van der Waals surface area contributed by atoms with Gasteiger partial charge in [0.05, 0.1) is 0 Å². The summed E-state index contributed by atoms with van der Waals surface area (Å²) in [6, 6.07) is 0.0386. The Bertz CT molecular complexity index is 358. The third-order valence-electron chi connectivity index (χ3n) is 4.51. The first-order valence-corrected chi connectivity index (χ1v) is 6.47. The largest absolute Gasteiger partial charge is 0.344 e. The molecule has 0 aliphatic carbocycles. The van der Waals surface area contributed by atoms with Crippen molar-refractivity contribution in [2.45, 2.75) is 31.8 Å². The molecule has 5 heteroatoms. The predicted octanol–water partition coefficient (Wildman–Crippen LogP) is -0.669. The van der Waals surface area contributed by atoms with E-state index in [1.54, 1.807) is 0 Å². The number of amides is 2. The van der Waals surface area contributed by atoms with Crippen LogP contribution in [0.2, 0.25) is 0 Å². The van der Waals surface area contributed by atoms with Gasteiger partial charge in [-0.25, -0.2) is 0 Å². The minimum atomic E-state index is -0.267. The van der Waals surface area contributed by atoms with Crippen LogP contribution in [0.5, 0.6) is 0 Å². The first kappa shape index (κ1) is 11.0. The number of nitrogens with zero attached hydrogens (tertiary/aromatic N) is 1. The lowest BCUT2D eigenvalue weighted by Crippen LogP contribution is -2.47. The van der Waals surface area contributed by atoms with Gasteiger partial charge in [-0.1, -0.05) is 0 Å². The molecule has 0 saturated carbocycles. The predicted molar refractivity (Wildman–Crippen MR) is 62.2 cm³/mol. The van der Waals surface area contributed by atoms with Crippen molar-refractivity contribution in [1.29, 1.82) is 0 Å². The molecule has 94 valence electrons. The van der Waals surface area contributed by atoms with Crippen LogP contribution in [0.4, 0.5) is 0 Å². The van der Waals surface area contributed by atoms with Crippen molar-refractivity contribution in [3.05, 3.63) is 0 Å². The average Bonchev–Trinajstić information content (AvgIpc) is 2.96. The van der Waals surface area contributed by atoms with Crippen LogP contribution in [0.25, 0.3) is 0 Å². The van der Waals surface area contributed by atoms with E-state index in [9.17, 15) is 9.59 Å². The number of hydrogen-bond donors (Lipinski definition) is 2. The number of rotatable bonds is 1. The molecule has 2 amide bonds.